The van der Waals surface area contributed by atoms with Gasteiger partial charge in [-0.15, -0.1) is 0 Å². The summed E-state index contributed by atoms with van der Waals surface area (Å²) < 4.78 is 17.4. The molecule has 1 N–H and O–H groups in total. The van der Waals surface area contributed by atoms with Crippen molar-refractivity contribution in [1.29, 1.82) is 0 Å². The molecule has 0 radical (unpaired) electrons. The smallest absolute Gasteiger partial charge is 0.163 e. The number of fused-ring (bicyclic) bond motifs is 1. The molecule has 1 aliphatic carbocycles. The summed E-state index contributed by atoms with van der Waals surface area (Å²) in [7, 11) is 0. The van der Waals surface area contributed by atoms with Crippen LogP contribution in [0.1, 0.15) is 33.6 Å². The van der Waals surface area contributed by atoms with Gasteiger partial charge in [0.1, 0.15) is 6.10 Å². The zero-order valence-corrected chi connectivity index (χ0v) is 10.3. The van der Waals surface area contributed by atoms with E-state index in [1.807, 2.05) is 13.8 Å². The molecule has 2 fully saturated rings. The van der Waals surface area contributed by atoms with Crippen LogP contribution in [0, 0.1) is 5.92 Å². The lowest BCUT2D eigenvalue weighted by Gasteiger charge is -2.23. The molecule has 1 heterocycles. The molecule has 94 valence electrons. The average Bonchev–Trinajstić information content (AvgIpc) is 2.69. The Morgan fingerprint density at radius 1 is 1.31 bits per heavy atom. The van der Waals surface area contributed by atoms with Crippen LogP contribution in [0.2, 0.25) is 0 Å². The highest BCUT2D eigenvalue weighted by molar-refractivity contribution is 4.98. The molecule has 4 unspecified atom stereocenters. The molecule has 4 nitrogen and oxygen atoms in total. The minimum absolute atomic E-state index is 0.0338. The summed E-state index contributed by atoms with van der Waals surface area (Å²) in [4.78, 5) is 0. The van der Waals surface area contributed by atoms with Gasteiger partial charge >= 0.3 is 0 Å². The molecule has 0 aromatic rings. The van der Waals surface area contributed by atoms with E-state index in [2.05, 4.69) is 6.92 Å². The van der Waals surface area contributed by atoms with Gasteiger partial charge in [-0.1, -0.05) is 13.3 Å². The Bertz CT molecular complexity index is 241. The fourth-order valence-corrected chi connectivity index (χ4v) is 2.80. The molecule has 0 aromatic carbocycles. The minimum Gasteiger partial charge on any atom is -0.394 e. The normalized spacial score (nSPS) is 41.2. The largest absolute Gasteiger partial charge is 0.394 e. The highest BCUT2D eigenvalue weighted by atomic mass is 16.8. The molecule has 0 aromatic heterocycles. The van der Waals surface area contributed by atoms with Crippen LogP contribution in [-0.2, 0) is 14.2 Å². The summed E-state index contributed by atoms with van der Waals surface area (Å²) in [5, 5.41) is 8.80. The van der Waals surface area contributed by atoms with Crippen molar-refractivity contribution in [3.8, 4) is 0 Å². The van der Waals surface area contributed by atoms with Crippen LogP contribution in [0.3, 0.4) is 0 Å². The van der Waals surface area contributed by atoms with Crippen LogP contribution in [0.4, 0.5) is 0 Å². The molecule has 16 heavy (non-hydrogen) atoms. The van der Waals surface area contributed by atoms with E-state index < -0.39 is 5.79 Å². The minimum atomic E-state index is -0.496. The average molecular weight is 230 g/mol. The van der Waals surface area contributed by atoms with Crippen LogP contribution in [-0.4, -0.2) is 42.4 Å². The predicted octanol–water partition coefficient (Wildman–Crippen LogP) is 1.31. The predicted molar refractivity (Wildman–Crippen MR) is 59.0 cm³/mol. The second-order valence-corrected chi connectivity index (χ2v) is 5.10. The first kappa shape index (κ1) is 12.3. The Labute approximate surface area is 96.9 Å². The van der Waals surface area contributed by atoms with Gasteiger partial charge in [-0.25, -0.2) is 0 Å². The Morgan fingerprint density at radius 2 is 2.00 bits per heavy atom. The van der Waals surface area contributed by atoms with E-state index in [1.165, 1.54) is 0 Å². The fourth-order valence-electron chi connectivity index (χ4n) is 2.80. The Kier molecular flexibility index (Phi) is 3.54. The van der Waals surface area contributed by atoms with Gasteiger partial charge in [0.2, 0.25) is 0 Å². The number of aliphatic hydroxyl groups excluding tert-OH is 1. The van der Waals surface area contributed by atoms with Crippen LogP contribution in [0.15, 0.2) is 0 Å². The van der Waals surface area contributed by atoms with Crippen molar-refractivity contribution in [2.24, 2.45) is 5.92 Å². The van der Waals surface area contributed by atoms with E-state index >= 15 is 0 Å². The van der Waals surface area contributed by atoms with Gasteiger partial charge in [0, 0.05) is 0 Å². The molecular weight excluding hydrogens is 208 g/mol. The monoisotopic (exact) mass is 230 g/mol. The van der Waals surface area contributed by atoms with Gasteiger partial charge in [0.05, 0.1) is 25.4 Å². The van der Waals surface area contributed by atoms with Crippen molar-refractivity contribution in [3.63, 3.8) is 0 Å². The van der Waals surface area contributed by atoms with Crippen molar-refractivity contribution >= 4 is 0 Å². The maximum atomic E-state index is 8.80. The molecule has 1 aliphatic heterocycles. The highest BCUT2D eigenvalue weighted by Crippen LogP contribution is 2.43. The van der Waals surface area contributed by atoms with E-state index in [0.717, 1.165) is 12.8 Å². The summed E-state index contributed by atoms with van der Waals surface area (Å²) in [5.41, 5.74) is 0. The highest BCUT2D eigenvalue weighted by Gasteiger charge is 2.53. The lowest BCUT2D eigenvalue weighted by atomic mass is 10.0. The van der Waals surface area contributed by atoms with Crippen LogP contribution in [0.5, 0.6) is 0 Å². The van der Waals surface area contributed by atoms with Gasteiger partial charge in [0.15, 0.2) is 5.79 Å². The lowest BCUT2D eigenvalue weighted by molar-refractivity contribution is -0.171. The number of ether oxygens (including phenoxy) is 3. The van der Waals surface area contributed by atoms with Crippen LogP contribution >= 0.6 is 0 Å². The van der Waals surface area contributed by atoms with Crippen LogP contribution < -0.4 is 0 Å². The van der Waals surface area contributed by atoms with Crippen molar-refractivity contribution in [2.75, 3.05) is 13.2 Å². The molecule has 4 heteroatoms. The van der Waals surface area contributed by atoms with Gasteiger partial charge in [0.25, 0.3) is 0 Å². The SMILES string of the molecule is CCC1CC(OCCO)C2OC(C)(C)OC12. The summed E-state index contributed by atoms with van der Waals surface area (Å²) in [6, 6.07) is 0. The van der Waals surface area contributed by atoms with Gasteiger partial charge in [-0.2, -0.15) is 0 Å². The van der Waals surface area contributed by atoms with Gasteiger partial charge in [-0.05, 0) is 26.2 Å². The van der Waals surface area contributed by atoms with E-state index in [-0.39, 0.29) is 24.9 Å². The molecule has 2 rings (SSSR count). The number of hydrogen-bond donors (Lipinski definition) is 1. The van der Waals surface area contributed by atoms with E-state index in [0.29, 0.717) is 12.5 Å². The molecular formula is C12H22O4. The summed E-state index contributed by atoms with van der Waals surface area (Å²) in [5.74, 6) is 0.0137. The Balaban J connectivity index is 2.02. The number of aliphatic hydroxyl groups is 1. The van der Waals surface area contributed by atoms with Gasteiger partial charge < -0.3 is 19.3 Å². The third-order valence-electron chi connectivity index (χ3n) is 3.48. The van der Waals surface area contributed by atoms with E-state index in [1.54, 1.807) is 0 Å². The zero-order valence-electron chi connectivity index (χ0n) is 10.3. The van der Waals surface area contributed by atoms with Crippen molar-refractivity contribution in [2.45, 2.75) is 57.7 Å². The lowest BCUT2D eigenvalue weighted by Crippen LogP contribution is -2.31. The number of rotatable bonds is 4. The second-order valence-electron chi connectivity index (χ2n) is 5.10. The Morgan fingerprint density at radius 3 is 2.62 bits per heavy atom. The molecule has 0 spiro atoms. The topological polar surface area (TPSA) is 47.9 Å². The summed E-state index contributed by atoms with van der Waals surface area (Å²) in [6.45, 7) is 6.51. The van der Waals surface area contributed by atoms with Crippen molar-refractivity contribution in [3.05, 3.63) is 0 Å². The quantitative estimate of drug-likeness (QED) is 0.791. The van der Waals surface area contributed by atoms with Gasteiger partial charge in [-0.3, -0.25) is 0 Å². The van der Waals surface area contributed by atoms with Crippen molar-refractivity contribution in [1.82, 2.24) is 0 Å². The maximum absolute atomic E-state index is 8.80. The van der Waals surface area contributed by atoms with E-state index in [9.17, 15) is 0 Å². The standard InChI is InChI=1S/C12H22O4/c1-4-8-7-9(14-6-5-13)11-10(8)15-12(2,3)16-11/h8-11,13H,4-7H2,1-3H3. The maximum Gasteiger partial charge on any atom is 0.163 e. The summed E-state index contributed by atoms with van der Waals surface area (Å²) in [6.07, 6.45) is 2.32. The molecule has 2 aliphatic rings. The molecule has 1 saturated heterocycles. The molecule has 0 amide bonds. The third-order valence-corrected chi connectivity index (χ3v) is 3.48. The molecule has 1 saturated carbocycles. The van der Waals surface area contributed by atoms with Crippen molar-refractivity contribution < 1.29 is 19.3 Å². The molecule has 0 bridgehead atoms. The zero-order chi connectivity index (χ0) is 11.8. The number of hydrogen-bond acceptors (Lipinski definition) is 4. The Hall–Kier alpha value is -0.160. The third kappa shape index (κ3) is 2.25. The fraction of sp³-hybridized carbons (Fsp3) is 1.00. The van der Waals surface area contributed by atoms with E-state index in [4.69, 9.17) is 19.3 Å². The first-order chi connectivity index (χ1) is 7.57. The molecule has 4 atom stereocenters. The first-order valence-corrected chi connectivity index (χ1v) is 6.15. The second kappa shape index (κ2) is 4.61. The summed E-state index contributed by atoms with van der Waals surface area (Å²) >= 11 is 0. The first-order valence-electron chi connectivity index (χ1n) is 6.15. The van der Waals surface area contributed by atoms with Crippen LogP contribution in [0.25, 0.3) is 0 Å².